The zero-order valence-electron chi connectivity index (χ0n) is 11.5. The summed E-state index contributed by atoms with van der Waals surface area (Å²) in [5, 5.41) is 3.51. The normalized spacial score (nSPS) is 10.8. The minimum Gasteiger partial charge on any atom is -0.302 e. The molecule has 0 atom stereocenters. The summed E-state index contributed by atoms with van der Waals surface area (Å²) in [6.45, 7) is 2.04. The lowest BCUT2D eigenvalue weighted by Crippen LogP contribution is -2.14. The van der Waals surface area contributed by atoms with Crippen molar-refractivity contribution in [1.82, 2.24) is 4.98 Å². The van der Waals surface area contributed by atoms with Gasteiger partial charge in [0.05, 0.1) is 16.6 Å². The molecule has 0 fully saturated rings. The molecule has 0 unspecified atom stereocenters. The fourth-order valence-electron chi connectivity index (χ4n) is 2.05. The first-order valence-electron chi connectivity index (χ1n) is 6.55. The molecule has 106 valence electrons. The van der Waals surface area contributed by atoms with E-state index in [4.69, 9.17) is 0 Å². The van der Waals surface area contributed by atoms with Gasteiger partial charge in [-0.15, -0.1) is 12.6 Å². The lowest BCUT2D eigenvalue weighted by atomic mass is 10.1. The Morgan fingerprint density at radius 1 is 1.24 bits per heavy atom. The van der Waals surface area contributed by atoms with Gasteiger partial charge in [-0.25, -0.2) is 4.98 Å². The molecule has 3 nitrogen and oxygen atoms in total. The number of thiol groups is 1. The summed E-state index contributed by atoms with van der Waals surface area (Å²) >= 11 is 5.73. The summed E-state index contributed by atoms with van der Waals surface area (Å²) in [7, 11) is 0. The Kier molecular flexibility index (Phi) is 3.94. The maximum absolute atomic E-state index is 12.0. The standard InChI is InChI=1S/C16H14N2OS2/c1-10-2-7-13-14(8-10)21-16(17-13)18-15(19)9-11-3-5-12(20)6-4-11/h2-8,20H,9H2,1H3,(H,17,18,19). The monoisotopic (exact) mass is 314 g/mol. The van der Waals surface area contributed by atoms with Gasteiger partial charge in [0, 0.05) is 4.90 Å². The van der Waals surface area contributed by atoms with Gasteiger partial charge in [-0.2, -0.15) is 0 Å². The Labute approximate surface area is 132 Å². The maximum atomic E-state index is 12.0. The average Bonchev–Trinajstić information content (AvgIpc) is 2.82. The molecule has 3 rings (SSSR count). The van der Waals surface area contributed by atoms with Crippen LogP contribution < -0.4 is 5.32 Å². The number of amides is 1. The molecular weight excluding hydrogens is 300 g/mol. The lowest BCUT2D eigenvalue weighted by Gasteiger charge is -2.02. The molecule has 0 aliphatic heterocycles. The molecule has 0 aliphatic rings. The molecule has 0 radical (unpaired) electrons. The Morgan fingerprint density at radius 2 is 2.00 bits per heavy atom. The van der Waals surface area contributed by atoms with Crippen LogP contribution in [-0.2, 0) is 11.2 Å². The number of fused-ring (bicyclic) bond motifs is 1. The van der Waals surface area contributed by atoms with Crippen LogP contribution >= 0.6 is 24.0 Å². The Morgan fingerprint density at radius 3 is 2.76 bits per heavy atom. The molecule has 0 saturated carbocycles. The lowest BCUT2D eigenvalue weighted by molar-refractivity contribution is -0.115. The highest BCUT2D eigenvalue weighted by Gasteiger charge is 2.08. The first kappa shape index (κ1) is 14.1. The van der Waals surface area contributed by atoms with Crippen LogP contribution in [0.3, 0.4) is 0 Å². The third kappa shape index (κ3) is 3.43. The van der Waals surface area contributed by atoms with Gasteiger partial charge < -0.3 is 5.32 Å². The summed E-state index contributed by atoms with van der Waals surface area (Å²) in [6, 6.07) is 13.6. The first-order valence-corrected chi connectivity index (χ1v) is 7.81. The van der Waals surface area contributed by atoms with Gasteiger partial charge in [0.2, 0.25) is 5.91 Å². The molecule has 0 bridgehead atoms. The maximum Gasteiger partial charge on any atom is 0.230 e. The molecule has 1 N–H and O–H groups in total. The van der Waals surface area contributed by atoms with Crippen molar-refractivity contribution in [3.63, 3.8) is 0 Å². The van der Waals surface area contributed by atoms with E-state index in [2.05, 4.69) is 29.0 Å². The third-order valence-corrected chi connectivity index (χ3v) is 4.32. The highest BCUT2D eigenvalue weighted by Crippen LogP contribution is 2.26. The summed E-state index contributed by atoms with van der Waals surface area (Å²) in [5.41, 5.74) is 3.07. The largest absolute Gasteiger partial charge is 0.302 e. The Bertz CT molecular complexity index is 794. The van der Waals surface area contributed by atoms with E-state index < -0.39 is 0 Å². The van der Waals surface area contributed by atoms with Crippen LogP contribution in [0.5, 0.6) is 0 Å². The molecule has 0 saturated heterocycles. The molecule has 1 heterocycles. The number of aryl methyl sites for hydroxylation is 1. The summed E-state index contributed by atoms with van der Waals surface area (Å²) in [6.07, 6.45) is 0.336. The molecule has 2 aromatic carbocycles. The Balaban J connectivity index is 1.72. The number of anilines is 1. The van der Waals surface area contributed by atoms with Crippen molar-refractivity contribution in [2.75, 3.05) is 5.32 Å². The van der Waals surface area contributed by atoms with Crippen LogP contribution in [0.2, 0.25) is 0 Å². The number of carbonyl (C=O) groups excluding carboxylic acids is 1. The van der Waals surface area contributed by atoms with Crippen molar-refractivity contribution < 1.29 is 4.79 Å². The summed E-state index contributed by atoms with van der Waals surface area (Å²) < 4.78 is 1.09. The molecule has 0 spiro atoms. The zero-order valence-corrected chi connectivity index (χ0v) is 13.2. The van der Waals surface area contributed by atoms with Crippen molar-refractivity contribution in [2.24, 2.45) is 0 Å². The summed E-state index contributed by atoms with van der Waals surface area (Å²) in [5.74, 6) is -0.0577. The molecule has 3 aromatic rings. The number of nitrogens with zero attached hydrogens (tertiary/aromatic N) is 1. The fraction of sp³-hybridized carbons (Fsp3) is 0.125. The van der Waals surface area contributed by atoms with Crippen molar-refractivity contribution in [3.8, 4) is 0 Å². The number of carbonyl (C=O) groups is 1. The van der Waals surface area contributed by atoms with E-state index in [1.807, 2.05) is 43.3 Å². The van der Waals surface area contributed by atoms with Crippen LogP contribution in [-0.4, -0.2) is 10.9 Å². The van der Waals surface area contributed by atoms with Crippen LogP contribution in [0.4, 0.5) is 5.13 Å². The number of benzene rings is 2. The van der Waals surface area contributed by atoms with E-state index in [0.717, 1.165) is 20.7 Å². The van der Waals surface area contributed by atoms with Crippen LogP contribution in [0, 0.1) is 6.92 Å². The Hall–Kier alpha value is -1.85. The highest BCUT2D eigenvalue weighted by atomic mass is 32.1. The molecule has 0 aliphatic carbocycles. The minimum absolute atomic E-state index is 0.0577. The van der Waals surface area contributed by atoms with E-state index in [9.17, 15) is 4.79 Å². The quantitative estimate of drug-likeness (QED) is 0.715. The number of nitrogens with one attached hydrogen (secondary N) is 1. The average molecular weight is 314 g/mol. The van der Waals surface area contributed by atoms with Gasteiger partial charge in [-0.1, -0.05) is 29.5 Å². The molecule has 1 aromatic heterocycles. The van der Waals surface area contributed by atoms with Gasteiger partial charge >= 0.3 is 0 Å². The van der Waals surface area contributed by atoms with Gasteiger partial charge in [-0.3, -0.25) is 4.79 Å². The van der Waals surface area contributed by atoms with E-state index in [1.165, 1.54) is 16.9 Å². The van der Waals surface area contributed by atoms with Gasteiger partial charge in [-0.05, 0) is 42.3 Å². The smallest absolute Gasteiger partial charge is 0.230 e. The highest BCUT2D eigenvalue weighted by molar-refractivity contribution is 7.80. The van der Waals surface area contributed by atoms with Gasteiger partial charge in [0.1, 0.15) is 0 Å². The van der Waals surface area contributed by atoms with E-state index >= 15 is 0 Å². The third-order valence-electron chi connectivity index (χ3n) is 3.09. The van der Waals surface area contributed by atoms with E-state index in [0.29, 0.717) is 11.6 Å². The van der Waals surface area contributed by atoms with E-state index in [1.54, 1.807) is 0 Å². The first-order chi connectivity index (χ1) is 10.1. The predicted molar refractivity (Wildman–Crippen MR) is 90.4 cm³/mol. The van der Waals surface area contributed by atoms with Crippen molar-refractivity contribution in [2.45, 2.75) is 18.2 Å². The predicted octanol–water partition coefficient (Wildman–Crippen LogP) is 4.07. The number of rotatable bonds is 3. The molecule has 5 heteroatoms. The topological polar surface area (TPSA) is 42.0 Å². The summed E-state index contributed by atoms with van der Waals surface area (Å²) in [4.78, 5) is 17.4. The second kappa shape index (κ2) is 5.87. The number of hydrogen-bond acceptors (Lipinski definition) is 4. The second-order valence-electron chi connectivity index (χ2n) is 4.88. The van der Waals surface area contributed by atoms with Crippen molar-refractivity contribution in [1.29, 1.82) is 0 Å². The van der Waals surface area contributed by atoms with E-state index in [-0.39, 0.29) is 5.91 Å². The minimum atomic E-state index is -0.0577. The van der Waals surface area contributed by atoms with Crippen LogP contribution in [0.1, 0.15) is 11.1 Å². The molecule has 21 heavy (non-hydrogen) atoms. The van der Waals surface area contributed by atoms with Gasteiger partial charge in [0.25, 0.3) is 0 Å². The molecular formula is C16H14N2OS2. The van der Waals surface area contributed by atoms with Crippen molar-refractivity contribution in [3.05, 3.63) is 53.6 Å². The number of hydrogen-bond donors (Lipinski definition) is 2. The second-order valence-corrected chi connectivity index (χ2v) is 6.43. The SMILES string of the molecule is Cc1ccc2nc(NC(=O)Cc3ccc(S)cc3)sc2c1. The number of thiazole rings is 1. The van der Waals surface area contributed by atoms with Gasteiger partial charge in [0.15, 0.2) is 5.13 Å². The van der Waals surface area contributed by atoms with Crippen molar-refractivity contribution >= 4 is 45.2 Å². The fourth-order valence-corrected chi connectivity index (χ4v) is 3.18. The zero-order chi connectivity index (χ0) is 14.8. The van der Waals surface area contributed by atoms with Crippen LogP contribution in [0.25, 0.3) is 10.2 Å². The molecule has 1 amide bonds. The van der Waals surface area contributed by atoms with Crippen LogP contribution in [0.15, 0.2) is 47.4 Å². The number of aromatic nitrogens is 1.